The zero-order chi connectivity index (χ0) is 20.3. The first kappa shape index (κ1) is 18.3. The fourth-order valence-corrected chi connectivity index (χ4v) is 4.08. The lowest BCUT2D eigenvalue weighted by Gasteiger charge is -2.20. The third kappa shape index (κ3) is 3.60. The van der Waals surface area contributed by atoms with Crippen LogP contribution < -0.4 is 4.74 Å². The maximum absolute atomic E-state index is 9.70. The summed E-state index contributed by atoms with van der Waals surface area (Å²) in [5, 5.41) is 9.70. The maximum Gasteiger partial charge on any atom is 0.135 e. The number of benzene rings is 4. The Morgan fingerprint density at radius 2 is 1.30 bits per heavy atom. The van der Waals surface area contributed by atoms with E-state index in [0.29, 0.717) is 0 Å². The number of ether oxygens (including phenoxy) is 1. The predicted octanol–water partition coefficient (Wildman–Crippen LogP) is 6.83. The fourth-order valence-electron chi connectivity index (χ4n) is 4.08. The van der Waals surface area contributed by atoms with E-state index < -0.39 is 0 Å². The molecule has 1 heterocycles. The first-order valence-electron chi connectivity index (χ1n) is 10.2. The van der Waals surface area contributed by atoms with Crippen molar-refractivity contribution in [3.63, 3.8) is 0 Å². The molecule has 30 heavy (non-hydrogen) atoms. The molecular weight excluding hydrogens is 368 g/mol. The van der Waals surface area contributed by atoms with E-state index in [1.165, 1.54) is 16.7 Å². The van der Waals surface area contributed by atoms with Gasteiger partial charge >= 0.3 is 0 Å². The number of rotatable bonds is 4. The van der Waals surface area contributed by atoms with E-state index in [-0.39, 0.29) is 17.8 Å². The van der Waals surface area contributed by atoms with Gasteiger partial charge in [-0.2, -0.15) is 0 Å². The maximum atomic E-state index is 9.70. The Morgan fingerprint density at radius 1 is 0.633 bits per heavy atom. The van der Waals surface area contributed by atoms with Crippen LogP contribution >= 0.6 is 0 Å². The van der Waals surface area contributed by atoms with Crippen molar-refractivity contribution in [2.24, 2.45) is 0 Å². The van der Waals surface area contributed by atoms with E-state index >= 15 is 0 Å². The molecule has 0 aliphatic carbocycles. The van der Waals surface area contributed by atoms with Crippen molar-refractivity contribution < 1.29 is 9.84 Å². The molecule has 4 aromatic rings. The monoisotopic (exact) mass is 390 g/mol. The van der Waals surface area contributed by atoms with Crippen LogP contribution in [0.5, 0.6) is 11.5 Å². The van der Waals surface area contributed by atoms with Gasteiger partial charge in [0.2, 0.25) is 0 Å². The number of aromatic hydroxyl groups is 1. The summed E-state index contributed by atoms with van der Waals surface area (Å²) >= 11 is 0. The third-order valence-corrected chi connectivity index (χ3v) is 5.57. The first-order chi connectivity index (χ1) is 14.8. The molecular formula is C28H22O2. The molecule has 2 nitrogen and oxygen atoms in total. The molecule has 0 bridgehead atoms. The van der Waals surface area contributed by atoms with Gasteiger partial charge in [0, 0.05) is 5.56 Å². The zero-order valence-corrected chi connectivity index (χ0v) is 16.5. The van der Waals surface area contributed by atoms with Crippen molar-refractivity contribution in [1.29, 1.82) is 0 Å². The third-order valence-electron chi connectivity index (χ3n) is 5.57. The number of phenols is 1. The van der Waals surface area contributed by atoms with Crippen LogP contribution in [0.1, 0.15) is 39.8 Å². The Hall–Kier alpha value is -3.78. The minimum absolute atomic E-state index is 0.0934. The lowest BCUT2D eigenvalue weighted by Crippen LogP contribution is -2.11. The molecule has 1 aliphatic rings. The van der Waals surface area contributed by atoms with Gasteiger partial charge in [-0.15, -0.1) is 0 Å². The smallest absolute Gasteiger partial charge is 0.135 e. The van der Waals surface area contributed by atoms with Crippen LogP contribution in [0.4, 0.5) is 0 Å². The molecule has 0 saturated heterocycles. The Kier molecular flexibility index (Phi) is 4.82. The highest BCUT2D eigenvalue weighted by molar-refractivity contribution is 5.71. The van der Waals surface area contributed by atoms with Gasteiger partial charge in [0.15, 0.2) is 0 Å². The summed E-state index contributed by atoms with van der Waals surface area (Å²) in [6.07, 6.45) is 4.15. The SMILES string of the molecule is Oc1ccc([C@H]2Oc3ccc(/C=C/c4ccccc4)cc3[C@@H]2c2ccccc2)cc1. The van der Waals surface area contributed by atoms with Gasteiger partial charge in [0.05, 0.1) is 5.92 Å². The number of fused-ring (bicyclic) bond motifs is 1. The average Bonchev–Trinajstić information content (AvgIpc) is 3.18. The molecule has 0 amide bonds. The van der Waals surface area contributed by atoms with E-state index in [0.717, 1.165) is 16.9 Å². The van der Waals surface area contributed by atoms with Crippen molar-refractivity contribution in [3.8, 4) is 11.5 Å². The van der Waals surface area contributed by atoms with Crippen LogP contribution in [0, 0.1) is 0 Å². The second-order valence-electron chi connectivity index (χ2n) is 7.56. The number of phenolic OH excluding ortho intramolecular Hbond substituents is 1. The summed E-state index contributed by atoms with van der Waals surface area (Å²) in [5.41, 5.74) is 5.79. The highest BCUT2D eigenvalue weighted by Crippen LogP contribution is 2.49. The van der Waals surface area contributed by atoms with Gasteiger partial charge in [0.25, 0.3) is 0 Å². The molecule has 5 rings (SSSR count). The van der Waals surface area contributed by atoms with Crippen LogP contribution in [-0.2, 0) is 0 Å². The highest BCUT2D eigenvalue weighted by Gasteiger charge is 2.36. The summed E-state index contributed by atoms with van der Waals surface area (Å²) in [6.45, 7) is 0. The Labute approximate surface area is 176 Å². The highest BCUT2D eigenvalue weighted by atomic mass is 16.5. The Bertz CT molecular complexity index is 1160. The van der Waals surface area contributed by atoms with Gasteiger partial charge in [0.1, 0.15) is 17.6 Å². The number of hydrogen-bond acceptors (Lipinski definition) is 2. The summed E-state index contributed by atoms with van der Waals surface area (Å²) in [7, 11) is 0. The normalized spacial score (nSPS) is 17.6. The standard InChI is InChI=1S/C28H22O2/c29-24-16-14-23(15-17-24)28-27(22-9-5-2-6-10-22)25-19-21(13-18-26(25)30-28)12-11-20-7-3-1-4-8-20/h1-19,27-29H/b12-11+/t27-,28+/m0/s1. The molecule has 2 heteroatoms. The topological polar surface area (TPSA) is 29.5 Å². The molecule has 0 aromatic heterocycles. The van der Waals surface area contributed by atoms with Gasteiger partial charge in [-0.1, -0.05) is 91.0 Å². The van der Waals surface area contributed by atoms with E-state index in [1.807, 2.05) is 36.4 Å². The van der Waals surface area contributed by atoms with Crippen molar-refractivity contribution in [1.82, 2.24) is 0 Å². The Morgan fingerprint density at radius 3 is 2.03 bits per heavy atom. The first-order valence-corrected chi connectivity index (χ1v) is 10.2. The lowest BCUT2D eigenvalue weighted by molar-refractivity contribution is 0.222. The quantitative estimate of drug-likeness (QED) is 0.387. The largest absolute Gasteiger partial charge is 0.508 e. The summed E-state index contributed by atoms with van der Waals surface area (Å²) in [5.74, 6) is 1.27. The average molecular weight is 390 g/mol. The second-order valence-corrected chi connectivity index (χ2v) is 7.56. The molecule has 0 radical (unpaired) electrons. The van der Waals surface area contributed by atoms with Gasteiger partial charge in [-0.05, 0) is 46.5 Å². The van der Waals surface area contributed by atoms with Crippen molar-refractivity contribution >= 4 is 12.2 Å². The van der Waals surface area contributed by atoms with Crippen LogP contribution in [-0.4, -0.2) is 5.11 Å². The van der Waals surface area contributed by atoms with Crippen molar-refractivity contribution in [2.45, 2.75) is 12.0 Å². The summed E-state index contributed by atoms with van der Waals surface area (Å²) in [6, 6.07) is 34.5. The van der Waals surface area contributed by atoms with Crippen LogP contribution in [0.15, 0.2) is 103 Å². The van der Waals surface area contributed by atoms with Crippen LogP contribution in [0.2, 0.25) is 0 Å². The molecule has 0 fully saturated rings. The molecule has 146 valence electrons. The van der Waals surface area contributed by atoms with E-state index in [9.17, 15) is 5.11 Å². The summed E-state index contributed by atoms with van der Waals surface area (Å²) in [4.78, 5) is 0. The van der Waals surface area contributed by atoms with E-state index in [1.54, 1.807) is 12.1 Å². The Balaban J connectivity index is 1.54. The van der Waals surface area contributed by atoms with Gasteiger partial charge < -0.3 is 9.84 Å². The molecule has 1 N–H and O–H groups in total. The predicted molar refractivity (Wildman–Crippen MR) is 122 cm³/mol. The zero-order valence-electron chi connectivity index (χ0n) is 16.5. The lowest BCUT2D eigenvalue weighted by atomic mass is 9.84. The molecule has 0 saturated carbocycles. The molecule has 4 aromatic carbocycles. The molecule has 1 aliphatic heterocycles. The second kappa shape index (κ2) is 7.92. The van der Waals surface area contributed by atoms with Crippen molar-refractivity contribution in [3.05, 3.63) is 131 Å². The molecule has 2 atom stereocenters. The fraction of sp³-hybridized carbons (Fsp3) is 0.0714. The van der Waals surface area contributed by atoms with Gasteiger partial charge in [-0.25, -0.2) is 0 Å². The number of hydrogen-bond donors (Lipinski definition) is 1. The summed E-state index contributed by atoms with van der Waals surface area (Å²) < 4.78 is 6.41. The van der Waals surface area contributed by atoms with E-state index in [2.05, 4.69) is 66.7 Å². The van der Waals surface area contributed by atoms with E-state index in [4.69, 9.17) is 4.74 Å². The minimum atomic E-state index is -0.128. The van der Waals surface area contributed by atoms with Crippen molar-refractivity contribution in [2.75, 3.05) is 0 Å². The molecule has 0 unspecified atom stereocenters. The van der Waals surface area contributed by atoms with Crippen LogP contribution in [0.3, 0.4) is 0 Å². The molecule has 0 spiro atoms. The minimum Gasteiger partial charge on any atom is -0.508 e. The van der Waals surface area contributed by atoms with Gasteiger partial charge in [-0.3, -0.25) is 0 Å². The van der Waals surface area contributed by atoms with Crippen LogP contribution in [0.25, 0.3) is 12.2 Å².